The van der Waals surface area contributed by atoms with Crippen LogP contribution in [0.3, 0.4) is 0 Å². The number of aromatic nitrogens is 2. The number of nitrogens with one attached hydrogen (secondary N) is 2. The summed E-state index contributed by atoms with van der Waals surface area (Å²) in [6.07, 6.45) is 7.35. The number of nitrogens with zero attached hydrogens (tertiary/aromatic N) is 6. The van der Waals surface area contributed by atoms with Gasteiger partial charge in [0.15, 0.2) is 5.96 Å². The first-order chi connectivity index (χ1) is 13.8. The van der Waals surface area contributed by atoms with Crippen molar-refractivity contribution in [2.24, 2.45) is 4.99 Å². The maximum Gasteiger partial charge on any atom is 0.225 e. The fourth-order valence-electron chi connectivity index (χ4n) is 4.11. The Morgan fingerprint density at radius 2 is 1.90 bits per heavy atom. The van der Waals surface area contributed by atoms with Gasteiger partial charge in [-0.3, -0.25) is 14.8 Å². The normalized spacial score (nSPS) is 21.1. The molecule has 29 heavy (non-hydrogen) atoms. The van der Waals surface area contributed by atoms with Crippen molar-refractivity contribution in [3.8, 4) is 0 Å². The van der Waals surface area contributed by atoms with Crippen molar-refractivity contribution in [1.82, 2.24) is 30.4 Å². The number of halogens is 1. The number of guanidine groups is 1. The van der Waals surface area contributed by atoms with E-state index in [1.807, 2.05) is 25.5 Å². The molecule has 2 aliphatic heterocycles. The smallest absolute Gasteiger partial charge is 0.225 e. The Hall–Kier alpha value is -1.20. The fraction of sp³-hybridized carbons (Fsp3) is 0.750. The van der Waals surface area contributed by atoms with Gasteiger partial charge in [-0.25, -0.2) is 9.97 Å². The molecule has 2 N–H and O–H groups in total. The Bertz CT molecular complexity index is 591. The predicted molar refractivity (Wildman–Crippen MR) is 130 cm³/mol. The third kappa shape index (κ3) is 7.53. The van der Waals surface area contributed by atoms with Crippen molar-refractivity contribution >= 4 is 35.9 Å². The molecule has 1 aromatic heterocycles. The summed E-state index contributed by atoms with van der Waals surface area (Å²) < 4.78 is 0. The molecule has 0 amide bonds. The van der Waals surface area contributed by atoms with Crippen LogP contribution in [0.4, 0.5) is 5.95 Å². The highest BCUT2D eigenvalue weighted by atomic mass is 127. The SMILES string of the molecule is CCN1CCCC1CNC(=NC)NCCCN1CCN(c2ncccn2)CC1.I. The van der Waals surface area contributed by atoms with Crippen molar-refractivity contribution in [2.75, 3.05) is 70.9 Å². The lowest BCUT2D eigenvalue weighted by molar-refractivity contribution is 0.254. The van der Waals surface area contributed by atoms with E-state index in [1.54, 1.807) is 0 Å². The number of anilines is 1. The summed E-state index contributed by atoms with van der Waals surface area (Å²) in [7, 11) is 1.85. The first kappa shape index (κ1) is 24.1. The van der Waals surface area contributed by atoms with Gasteiger partial charge in [0, 0.05) is 64.8 Å². The number of likely N-dealkylation sites (tertiary alicyclic amines) is 1. The second kappa shape index (κ2) is 13.2. The number of hydrogen-bond acceptors (Lipinski definition) is 6. The minimum atomic E-state index is 0. The lowest BCUT2D eigenvalue weighted by Gasteiger charge is -2.34. The van der Waals surface area contributed by atoms with Crippen LogP contribution in [0.2, 0.25) is 0 Å². The third-order valence-corrected chi connectivity index (χ3v) is 5.78. The molecule has 2 aliphatic rings. The monoisotopic (exact) mass is 516 g/mol. The Morgan fingerprint density at radius 1 is 1.14 bits per heavy atom. The molecular weight excluding hydrogens is 479 g/mol. The summed E-state index contributed by atoms with van der Waals surface area (Å²) in [6.45, 7) is 11.8. The highest BCUT2D eigenvalue weighted by Gasteiger charge is 2.22. The zero-order valence-corrected chi connectivity index (χ0v) is 20.2. The van der Waals surface area contributed by atoms with Crippen LogP contribution in [0.1, 0.15) is 26.2 Å². The van der Waals surface area contributed by atoms with Gasteiger partial charge in [0.2, 0.25) is 5.95 Å². The molecule has 1 unspecified atom stereocenters. The average molecular weight is 516 g/mol. The molecule has 0 saturated carbocycles. The average Bonchev–Trinajstić information content (AvgIpc) is 3.22. The topological polar surface area (TPSA) is 71.9 Å². The molecule has 164 valence electrons. The van der Waals surface area contributed by atoms with Crippen molar-refractivity contribution in [2.45, 2.75) is 32.2 Å². The number of hydrogen-bond donors (Lipinski definition) is 2. The summed E-state index contributed by atoms with van der Waals surface area (Å²) in [4.78, 5) is 20.4. The Kier molecular flexibility index (Phi) is 10.9. The van der Waals surface area contributed by atoms with E-state index in [0.29, 0.717) is 6.04 Å². The first-order valence-electron chi connectivity index (χ1n) is 10.7. The van der Waals surface area contributed by atoms with E-state index in [4.69, 9.17) is 0 Å². The number of rotatable bonds is 8. The van der Waals surface area contributed by atoms with Gasteiger partial charge in [0.1, 0.15) is 0 Å². The van der Waals surface area contributed by atoms with Gasteiger partial charge < -0.3 is 15.5 Å². The highest BCUT2D eigenvalue weighted by molar-refractivity contribution is 14.0. The largest absolute Gasteiger partial charge is 0.356 e. The van der Waals surface area contributed by atoms with E-state index in [1.165, 1.54) is 19.4 Å². The van der Waals surface area contributed by atoms with Gasteiger partial charge in [-0.1, -0.05) is 6.92 Å². The quantitative estimate of drug-likeness (QED) is 0.233. The fourth-order valence-corrected chi connectivity index (χ4v) is 4.11. The summed E-state index contributed by atoms with van der Waals surface area (Å²) >= 11 is 0. The lowest BCUT2D eigenvalue weighted by atomic mass is 10.2. The van der Waals surface area contributed by atoms with E-state index in [-0.39, 0.29) is 24.0 Å². The molecule has 0 aromatic carbocycles. The van der Waals surface area contributed by atoms with E-state index in [0.717, 1.165) is 70.7 Å². The van der Waals surface area contributed by atoms with Gasteiger partial charge in [-0.2, -0.15) is 0 Å². The summed E-state index contributed by atoms with van der Waals surface area (Å²) in [5, 5.41) is 6.96. The van der Waals surface area contributed by atoms with Crippen LogP contribution in [0.15, 0.2) is 23.5 Å². The zero-order chi connectivity index (χ0) is 19.6. The Balaban J connectivity index is 0.00000300. The molecule has 0 radical (unpaired) electrons. The molecule has 0 aliphatic carbocycles. The van der Waals surface area contributed by atoms with E-state index in [9.17, 15) is 0 Å². The lowest BCUT2D eigenvalue weighted by Crippen LogP contribution is -2.48. The maximum atomic E-state index is 4.37. The second-order valence-corrected chi connectivity index (χ2v) is 7.54. The molecular formula is C20H37IN8. The summed E-state index contributed by atoms with van der Waals surface area (Å²) in [5.74, 6) is 1.77. The van der Waals surface area contributed by atoms with Gasteiger partial charge >= 0.3 is 0 Å². The van der Waals surface area contributed by atoms with E-state index in [2.05, 4.69) is 47.2 Å². The third-order valence-electron chi connectivity index (χ3n) is 5.78. The molecule has 0 bridgehead atoms. The van der Waals surface area contributed by atoms with Crippen LogP contribution in [0.25, 0.3) is 0 Å². The number of piperazine rings is 1. The van der Waals surface area contributed by atoms with E-state index >= 15 is 0 Å². The van der Waals surface area contributed by atoms with Crippen molar-refractivity contribution in [1.29, 1.82) is 0 Å². The van der Waals surface area contributed by atoms with Crippen LogP contribution >= 0.6 is 24.0 Å². The molecule has 3 heterocycles. The van der Waals surface area contributed by atoms with Crippen LogP contribution in [-0.2, 0) is 0 Å². The highest BCUT2D eigenvalue weighted by Crippen LogP contribution is 2.15. The predicted octanol–water partition coefficient (Wildman–Crippen LogP) is 1.26. The molecule has 2 saturated heterocycles. The molecule has 1 atom stereocenters. The standard InChI is InChI=1S/C20H36N8.HI/c1-3-27-12-4-7-18(27)17-25-19(21-2)22-10-6-11-26-13-15-28(16-14-26)20-23-8-5-9-24-20;/h5,8-9,18H,3-4,6-7,10-17H2,1-2H3,(H2,21,22,25);1H. The van der Waals surface area contributed by atoms with Gasteiger partial charge in [-0.15, -0.1) is 24.0 Å². The maximum absolute atomic E-state index is 4.37. The van der Waals surface area contributed by atoms with Crippen LogP contribution in [0, 0.1) is 0 Å². The molecule has 3 rings (SSSR count). The molecule has 8 nitrogen and oxygen atoms in total. The molecule has 1 aromatic rings. The Morgan fingerprint density at radius 3 is 2.59 bits per heavy atom. The minimum absolute atomic E-state index is 0. The molecule has 0 spiro atoms. The molecule has 9 heteroatoms. The van der Waals surface area contributed by atoms with E-state index < -0.39 is 0 Å². The van der Waals surface area contributed by atoms with Crippen LogP contribution in [-0.4, -0.2) is 97.7 Å². The van der Waals surface area contributed by atoms with Crippen molar-refractivity contribution < 1.29 is 0 Å². The number of likely N-dealkylation sites (N-methyl/N-ethyl adjacent to an activating group) is 1. The van der Waals surface area contributed by atoms with Gasteiger partial charge in [0.05, 0.1) is 0 Å². The summed E-state index contributed by atoms with van der Waals surface area (Å²) in [6, 6.07) is 2.51. The first-order valence-corrected chi connectivity index (χ1v) is 10.7. The van der Waals surface area contributed by atoms with Crippen molar-refractivity contribution in [3.63, 3.8) is 0 Å². The number of aliphatic imine (C=N–C) groups is 1. The minimum Gasteiger partial charge on any atom is -0.356 e. The van der Waals surface area contributed by atoms with Crippen LogP contribution in [0.5, 0.6) is 0 Å². The zero-order valence-electron chi connectivity index (χ0n) is 17.9. The second-order valence-electron chi connectivity index (χ2n) is 7.54. The summed E-state index contributed by atoms with van der Waals surface area (Å²) in [5.41, 5.74) is 0. The molecule has 2 fully saturated rings. The van der Waals surface area contributed by atoms with Crippen LogP contribution < -0.4 is 15.5 Å². The van der Waals surface area contributed by atoms with Gasteiger partial charge in [-0.05, 0) is 45.0 Å². The van der Waals surface area contributed by atoms with Gasteiger partial charge in [0.25, 0.3) is 0 Å². The van der Waals surface area contributed by atoms with Crippen molar-refractivity contribution in [3.05, 3.63) is 18.5 Å². The Labute approximate surface area is 192 Å².